The molecule has 0 aliphatic heterocycles. The van der Waals surface area contributed by atoms with Gasteiger partial charge in [0.15, 0.2) is 0 Å². The summed E-state index contributed by atoms with van der Waals surface area (Å²) in [6.07, 6.45) is -4.38. The van der Waals surface area contributed by atoms with Crippen molar-refractivity contribution in [3.8, 4) is 33.4 Å². The van der Waals surface area contributed by atoms with Gasteiger partial charge in [0.25, 0.3) is 0 Å². The largest absolute Gasteiger partial charge is 1.00 e. The molecule has 2 aliphatic rings. The number of alkyl halides is 6. The van der Waals surface area contributed by atoms with Crippen LogP contribution in [0.2, 0.25) is 0 Å². The molecule has 6 aromatic carbocycles. The third kappa shape index (κ3) is 9.27. The molecular formula is C52H44Cl2F6Zr. The van der Waals surface area contributed by atoms with Crippen LogP contribution in [0, 0.1) is 17.3 Å². The van der Waals surface area contributed by atoms with Gasteiger partial charge in [-0.2, -0.15) is 0 Å². The second kappa shape index (κ2) is 17.8. The van der Waals surface area contributed by atoms with Gasteiger partial charge in [-0.05, 0) is 0 Å². The summed E-state index contributed by atoms with van der Waals surface area (Å²) in [5.74, 6) is 0.212. The van der Waals surface area contributed by atoms with E-state index in [1.54, 1.807) is 0 Å². The molecule has 1 unspecified atom stereocenters. The Kier molecular flexibility index (Phi) is 13.5. The van der Waals surface area contributed by atoms with Gasteiger partial charge in [-0.3, -0.25) is 0 Å². The molecule has 312 valence electrons. The van der Waals surface area contributed by atoms with Crippen LogP contribution in [-0.2, 0) is 33.6 Å². The number of benzene rings is 6. The summed E-state index contributed by atoms with van der Waals surface area (Å²) >= 11 is -3.73. The van der Waals surface area contributed by atoms with Gasteiger partial charge in [-0.25, -0.2) is 0 Å². The number of allylic oxidation sites excluding steroid dienone is 4. The Balaban J connectivity index is 0.00000311. The molecule has 6 aromatic rings. The van der Waals surface area contributed by atoms with Gasteiger partial charge in [0.2, 0.25) is 0 Å². The molecule has 0 saturated carbocycles. The summed E-state index contributed by atoms with van der Waals surface area (Å²) in [6, 6.07) is 44.2. The van der Waals surface area contributed by atoms with Gasteiger partial charge in [0.1, 0.15) is 0 Å². The molecule has 0 bridgehead atoms. The summed E-state index contributed by atoms with van der Waals surface area (Å²) in [4.78, 5) is 0. The first-order chi connectivity index (χ1) is 28.0. The van der Waals surface area contributed by atoms with Crippen LogP contribution in [0.25, 0.3) is 33.4 Å². The Labute approximate surface area is 374 Å². The molecule has 0 amide bonds. The van der Waals surface area contributed by atoms with E-state index in [2.05, 4.69) is 107 Å². The van der Waals surface area contributed by atoms with Crippen LogP contribution in [0.15, 0.2) is 167 Å². The molecule has 0 aromatic heterocycles. The molecule has 0 saturated heterocycles. The van der Waals surface area contributed by atoms with Crippen LogP contribution < -0.4 is 24.8 Å². The van der Waals surface area contributed by atoms with Gasteiger partial charge in [0, 0.05) is 0 Å². The predicted molar refractivity (Wildman–Crippen MR) is 225 cm³/mol. The molecule has 0 radical (unpaired) electrons. The summed E-state index contributed by atoms with van der Waals surface area (Å²) < 4.78 is 86.7. The molecule has 0 nitrogen and oxygen atoms in total. The minimum absolute atomic E-state index is 0. The fourth-order valence-electron chi connectivity index (χ4n) is 8.65. The van der Waals surface area contributed by atoms with E-state index in [-0.39, 0.29) is 45.7 Å². The van der Waals surface area contributed by atoms with Gasteiger partial charge in [-0.1, -0.05) is 0 Å². The zero-order valence-electron chi connectivity index (χ0n) is 34.3. The van der Waals surface area contributed by atoms with Crippen molar-refractivity contribution >= 4 is 3.21 Å². The number of halogens is 8. The van der Waals surface area contributed by atoms with Crippen molar-refractivity contribution in [1.29, 1.82) is 0 Å². The Morgan fingerprint density at radius 3 is 1.30 bits per heavy atom. The zero-order valence-corrected chi connectivity index (χ0v) is 38.2. The summed E-state index contributed by atoms with van der Waals surface area (Å²) in [7, 11) is 0. The number of hydrogen-bond acceptors (Lipinski definition) is 0. The van der Waals surface area contributed by atoms with Crippen molar-refractivity contribution < 1.29 is 72.4 Å². The molecular weight excluding hydrogens is 901 g/mol. The SMILES string of the molecule is CC(C)C1C=C(C(C)(C)C)C=[C]1[Zr+2](=[C](c1ccc(C(F)(F)F)cc1)c1ccc(C(F)(F)F)cc1)[CH]1c2cc(-c3ccccc3)ccc2-c2ccc(-c3ccccc3)cc21.[Cl-].[Cl-]. The van der Waals surface area contributed by atoms with Crippen molar-refractivity contribution in [2.24, 2.45) is 17.3 Å². The third-order valence-electron chi connectivity index (χ3n) is 11.7. The van der Waals surface area contributed by atoms with Gasteiger partial charge >= 0.3 is 352 Å². The molecule has 0 spiro atoms. The average molecular weight is 945 g/mol. The minimum Gasteiger partial charge on any atom is -1.00 e. The molecule has 9 heteroatoms. The van der Waals surface area contributed by atoms with Crippen LogP contribution in [0.3, 0.4) is 0 Å². The Hall–Kier alpha value is -4.29. The quantitative estimate of drug-likeness (QED) is 0.140. The fourth-order valence-corrected chi connectivity index (χ4v) is 18.6. The summed E-state index contributed by atoms with van der Waals surface area (Å²) in [5.41, 5.74) is 9.38. The first kappa shape index (κ1) is 46.2. The van der Waals surface area contributed by atoms with E-state index >= 15 is 0 Å². The molecule has 0 fully saturated rings. The Morgan fingerprint density at radius 2 is 0.934 bits per heavy atom. The van der Waals surface area contributed by atoms with Crippen molar-refractivity contribution in [3.05, 3.63) is 200 Å². The van der Waals surface area contributed by atoms with Crippen LogP contribution in [0.5, 0.6) is 0 Å². The number of hydrogen-bond donors (Lipinski definition) is 0. The molecule has 1 atom stereocenters. The van der Waals surface area contributed by atoms with Crippen molar-refractivity contribution in [2.75, 3.05) is 0 Å². The maximum atomic E-state index is 14.1. The molecule has 0 N–H and O–H groups in total. The van der Waals surface area contributed by atoms with E-state index in [1.807, 2.05) is 36.4 Å². The topological polar surface area (TPSA) is 0 Å². The Bertz CT molecular complexity index is 2470. The standard InChI is InChI=1S/C25H17.C15H8F6.C12H19.2ClH.Zr/c1-3-7-18(8-4-1)20-11-13-24-22(15-20)17-23-16-21(12-14-25(23)24)19-9-5-2-6-10-19;16-14(17,18)12-5-1-10(2-6-12)9-11-3-7-13(8-4-11)15(19,20)21;1-9(2)10-6-7-11(8-10)12(3,4)5;;;/h1-17H;1-8H;7-10H,1-5H3;2*1H;/q;;;;;+2/p-2. The van der Waals surface area contributed by atoms with Gasteiger partial charge in [-0.15, -0.1) is 0 Å². The van der Waals surface area contributed by atoms with E-state index in [1.165, 1.54) is 33.1 Å². The van der Waals surface area contributed by atoms with Crippen LogP contribution in [0.4, 0.5) is 26.3 Å². The van der Waals surface area contributed by atoms with Crippen molar-refractivity contribution in [1.82, 2.24) is 0 Å². The summed E-state index contributed by atoms with van der Waals surface area (Å²) in [6.45, 7) is 11.0. The molecule has 2 aliphatic carbocycles. The fraction of sp³-hybridized carbons (Fsp3) is 0.212. The van der Waals surface area contributed by atoms with Crippen LogP contribution in [0.1, 0.15) is 71.6 Å². The minimum atomic E-state index is -4.55. The predicted octanol–water partition coefficient (Wildman–Crippen LogP) is 9.17. The second-order valence-electron chi connectivity index (χ2n) is 16.9. The maximum Gasteiger partial charge on any atom is -1.00 e. The number of rotatable bonds is 7. The average Bonchev–Trinajstić information content (AvgIpc) is 3.80. The second-order valence-corrected chi connectivity index (χ2v) is 23.1. The maximum absolute atomic E-state index is 14.1. The van der Waals surface area contributed by atoms with E-state index in [0.717, 1.165) is 72.0 Å². The first-order valence-corrected chi connectivity index (χ1v) is 23.8. The molecule has 0 heterocycles. The van der Waals surface area contributed by atoms with E-state index in [0.29, 0.717) is 11.1 Å². The first-order valence-electron chi connectivity index (χ1n) is 19.9. The molecule has 8 rings (SSSR count). The Morgan fingerprint density at radius 1 is 0.525 bits per heavy atom. The third-order valence-corrected chi connectivity index (χ3v) is 20.1. The van der Waals surface area contributed by atoms with E-state index < -0.39 is 44.7 Å². The van der Waals surface area contributed by atoms with Gasteiger partial charge < -0.3 is 24.8 Å². The van der Waals surface area contributed by atoms with Gasteiger partial charge in [0.05, 0.1) is 0 Å². The molecule has 61 heavy (non-hydrogen) atoms. The van der Waals surface area contributed by atoms with Crippen LogP contribution >= 0.6 is 0 Å². The normalized spacial score (nSPS) is 14.8. The summed E-state index contributed by atoms with van der Waals surface area (Å²) in [5, 5.41) is 0. The smallest absolute Gasteiger partial charge is 1.00 e. The number of fused-ring (bicyclic) bond motifs is 3. The van der Waals surface area contributed by atoms with Crippen LogP contribution in [-0.4, -0.2) is 3.21 Å². The van der Waals surface area contributed by atoms with E-state index in [4.69, 9.17) is 0 Å². The zero-order chi connectivity index (χ0) is 41.9. The van der Waals surface area contributed by atoms with Crippen molar-refractivity contribution in [3.63, 3.8) is 0 Å². The monoisotopic (exact) mass is 942 g/mol. The van der Waals surface area contributed by atoms with Crippen molar-refractivity contribution in [2.45, 2.75) is 50.6 Å². The van der Waals surface area contributed by atoms with E-state index in [9.17, 15) is 26.3 Å².